The molecular formula is C26H26F2N2O4S. The van der Waals surface area contributed by atoms with E-state index in [0.29, 0.717) is 5.56 Å². The SMILES string of the molecule is CC1(C)OC(NC(CCO)c2cccc(F)c2F)=NS(=O)(=O)C1c1ccc(-c2ccccc2)cc1. The van der Waals surface area contributed by atoms with Crippen LogP contribution in [0, 0.1) is 11.6 Å². The van der Waals surface area contributed by atoms with Crippen molar-refractivity contribution < 1.29 is 27.0 Å². The number of nitrogens with zero attached hydrogens (tertiary/aromatic N) is 1. The number of rotatable bonds is 6. The zero-order chi connectivity index (χ0) is 25.2. The number of aliphatic hydroxyl groups excluding tert-OH is 1. The summed E-state index contributed by atoms with van der Waals surface area (Å²) in [7, 11) is -4.10. The summed E-state index contributed by atoms with van der Waals surface area (Å²) in [6.45, 7) is 2.90. The van der Waals surface area contributed by atoms with Gasteiger partial charge in [-0.2, -0.15) is 0 Å². The van der Waals surface area contributed by atoms with Crippen molar-refractivity contribution >= 4 is 16.0 Å². The minimum Gasteiger partial charge on any atom is -0.457 e. The van der Waals surface area contributed by atoms with Gasteiger partial charge in [0.05, 0.1) is 6.04 Å². The molecule has 1 aliphatic heterocycles. The van der Waals surface area contributed by atoms with E-state index in [1.807, 2.05) is 42.5 Å². The van der Waals surface area contributed by atoms with Crippen molar-refractivity contribution in [1.29, 1.82) is 0 Å². The molecular weight excluding hydrogens is 474 g/mol. The first kappa shape index (κ1) is 24.8. The van der Waals surface area contributed by atoms with Crippen LogP contribution in [0.1, 0.15) is 42.7 Å². The number of benzene rings is 3. The van der Waals surface area contributed by atoms with Gasteiger partial charge < -0.3 is 15.2 Å². The van der Waals surface area contributed by atoms with Crippen molar-refractivity contribution in [2.75, 3.05) is 6.61 Å². The average Bonchev–Trinajstić information content (AvgIpc) is 2.80. The minimum absolute atomic E-state index is 0.0202. The molecule has 184 valence electrons. The Morgan fingerprint density at radius 1 is 1.00 bits per heavy atom. The Morgan fingerprint density at radius 2 is 1.66 bits per heavy atom. The first-order valence-electron chi connectivity index (χ1n) is 11.1. The lowest BCUT2D eigenvalue weighted by Crippen LogP contribution is -2.47. The van der Waals surface area contributed by atoms with Crippen LogP contribution in [0.3, 0.4) is 0 Å². The molecule has 0 radical (unpaired) electrons. The molecule has 0 saturated carbocycles. The summed E-state index contributed by atoms with van der Waals surface area (Å²) in [6, 6.07) is 19.2. The first-order chi connectivity index (χ1) is 16.6. The van der Waals surface area contributed by atoms with Crippen LogP contribution in [0.4, 0.5) is 8.78 Å². The Labute approximate surface area is 203 Å². The number of aliphatic hydroxyl groups is 1. The van der Waals surface area contributed by atoms with E-state index < -0.39 is 38.6 Å². The third kappa shape index (κ3) is 5.21. The third-order valence-corrected chi connectivity index (χ3v) is 7.75. The molecule has 0 spiro atoms. The van der Waals surface area contributed by atoms with Crippen molar-refractivity contribution in [3.05, 3.63) is 95.6 Å². The van der Waals surface area contributed by atoms with Crippen molar-refractivity contribution in [2.45, 2.75) is 37.2 Å². The van der Waals surface area contributed by atoms with Gasteiger partial charge in [-0.25, -0.2) is 17.2 Å². The molecule has 0 saturated heterocycles. The molecule has 1 heterocycles. The van der Waals surface area contributed by atoms with Gasteiger partial charge in [0.25, 0.3) is 10.0 Å². The Morgan fingerprint density at radius 3 is 2.29 bits per heavy atom. The number of hydrogen-bond donors (Lipinski definition) is 2. The fraction of sp³-hybridized carbons (Fsp3) is 0.269. The van der Waals surface area contributed by atoms with Gasteiger partial charge in [0.2, 0.25) is 0 Å². The summed E-state index contributed by atoms with van der Waals surface area (Å²) in [5.74, 6) is -2.14. The molecule has 0 aliphatic carbocycles. The van der Waals surface area contributed by atoms with Gasteiger partial charge in [-0.3, -0.25) is 0 Å². The lowest BCUT2D eigenvalue weighted by Gasteiger charge is -2.38. The number of sulfonamides is 1. The van der Waals surface area contributed by atoms with Crippen molar-refractivity contribution in [2.24, 2.45) is 4.40 Å². The van der Waals surface area contributed by atoms with Gasteiger partial charge in [-0.1, -0.05) is 66.7 Å². The lowest BCUT2D eigenvalue weighted by molar-refractivity contribution is 0.0759. The smallest absolute Gasteiger partial charge is 0.301 e. The zero-order valence-electron chi connectivity index (χ0n) is 19.3. The molecule has 2 unspecified atom stereocenters. The molecule has 4 rings (SSSR count). The van der Waals surface area contributed by atoms with Gasteiger partial charge in [0.15, 0.2) is 11.6 Å². The van der Waals surface area contributed by atoms with Crippen LogP contribution in [0.25, 0.3) is 11.1 Å². The van der Waals surface area contributed by atoms with Gasteiger partial charge in [0.1, 0.15) is 10.9 Å². The Kier molecular flexibility index (Phi) is 6.91. The summed E-state index contributed by atoms with van der Waals surface area (Å²) < 4.78 is 64.4. The second kappa shape index (κ2) is 9.75. The van der Waals surface area contributed by atoms with E-state index in [1.54, 1.807) is 26.0 Å². The van der Waals surface area contributed by atoms with E-state index in [2.05, 4.69) is 9.71 Å². The standard InChI is InChI=1S/C26H26F2N2O4S/c1-26(2)24(19-13-11-18(12-14-19)17-7-4-3-5-8-17)35(32,33)30-25(34-26)29-22(15-16-31)20-9-6-10-21(27)23(20)28/h3-14,22,24,31H,15-16H2,1-2H3,(H,29,30). The highest BCUT2D eigenvalue weighted by Gasteiger charge is 2.47. The molecule has 0 fully saturated rings. The van der Waals surface area contributed by atoms with Crippen LogP contribution in [0.15, 0.2) is 77.2 Å². The monoisotopic (exact) mass is 500 g/mol. The highest BCUT2D eigenvalue weighted by Crippen LogP contribution is 2.41. The fourth-order valence-corrected chi connectivity index (χ4v) is 6.02. The Bertz CT molecular complexity index is 1330. The lowest BCUT2D eigenvalue weighted by atomic mass is 9.95. The predicted octanol–water partition coefficient (Wildman–Crippen LogP) is 4.88. The van der Waals surface area contributed by atoms with Crippen molar-refractivity contribution in [3.8, 4) is 11.1 Å². The van der Waals surface area contributed by atoms with E-state index in [4.69, 9.17) is 4.74 Å². The molecule has 0 amide bonds. The zero-order valence-corrected chi connectivity index (χ0v) is 20.1. The number of hydrogen-bond acceptors (Lipinski definition) is 5. The summed E-state index contributed by atoms with van der Waals surface area (Å²) in [6.07, 6.45) is -0.0202. The molecule has 9 heteroatoms. The fourth-order valence-electron chi connectivity index (χ4n) is 4.33. The minimum atomic E-state index is -4.10. The van der Waals surface area contributed by atoms with Gasteiger partial charge in [-0.05, 0) is 43.0 Å². The first-order valence-corrected chi connectivity index (χ1v) is 12.6. The van der Waals surface area contributed by atoms with E-state index in [9.17, 15) is 22.3 Å². The van der Waals surface area contributed by atoms with Gasteiger partial charge in [0, 0.05) is 12.2 Å². The predicted molar refractivity (Wildman–Crippen MR) is 130 cm³/mol. The molecule has 2 N–H and O–H groups in total. The topological polar surface area (TPSA) is 88.0 Å². The largest absolute Gasteiger partial charge is 0.457 e. The number of nitrogens with one attached hydrogen (secondary N) is 1. The average molecular weight is 501 g/mol. The van der Waals surface area contributed by atoms with Crippen LogP contribution in [0.5, 0.6) is 0 Å². The van der Waals surface area contributed by atoms with Gasteiger partial charge in [-0.15, -0.1) is 4.40 Å². The quantitative estimate of drug-likeness (QED) is 0.504. The molecule has 3 aromatic carbocycles. The third-order valence-electron chi connectivity index (χ3n) is 5.89. The van der Waals surface area contributed by atoms with Crippen LogP contribution in [-0.4, -0.2) is 31.8 Å². The second-order valence-corrected chi connectivity index (χ2v) is 10.5. The summed E-state index contributed by atoms with van der Waals surface area (Å²) in [5, 5.41) is 11.1. The normalized spacial score (nSPS) is 19.3. The summed E-state index contributed by atoms with van der Waals surface area (Å²) >= 11 is 0. The maximum atomic E-state index is 14.4. The maximum absolute atomic E-state index is 14.4. The van der Waals surface area contributed by atoms with Crippen LogP contribution < -0.4 is 5.32 Å². The van der Waals surface area contributed by atoms with E-state index in [0.717, 1.165) is 17.2 Å². The van der Waals surface area contributed by atoms with E-state index in [1.165, 1.54) is 12.1 Å². The highest BCUT2D eigenvalue weighted by molar-refractivity contribution is 7.90. The summed E-state index contributed by atoms with van der Waals surface area (Å²) in [4.78, 5) is 0. The maximum Gasteiger partial charge on any atom is 0.301 e. The molecule has 35 heavy (non-hydrogen) atoms. The van der Waals surface area contributed by atoms with E-state index in [-0.39, 0.29) is 24.6 Å². The van der Waals surface area contributed by atoms with E-state index >= 15 is 0 Å². The second-order valence-electron chi connectivity index (χ2n) is 8.84. The Hall–Kier alpha value is -3.30. The highest BCUT2D eigenvalue weighted by atomic mass is 32.2. The Balaban J connectivity index is 1.64. The summed E-state index contributed by atoms with van der Waals surface area (Å²) in [5.41, 5.74) is 1.16. The number of amidine groups is 1. The number of halogens is 2. The molecule has 0 bridgehead atoms. The molecule has 1 aliphatic rings. The van der Waals surface area contributed by atoms with Crippen molar-refractivity contribution in [3.63, 3.8) is 0 Å². The molecule has 0 aromatic heterocycles. The van der Waals surface area contributed by atoms with Crippen molar-refractivity contribution in [1.82, 2.24) is 5.32 Å². The molecule has 3 aromatic rings. The van der Waals surface area contributed by atoms with Crippen LogP contribution in [-0.2, 0) is 14.8 Å². The van der Waals surface area contributed by atoms with Gasteiger partial charge >= 0.3 is 6.02 Å². The molecule has 6 nitrogen and oxygen atoms in total. The van der Waals surface area contributed by atoms with Crippen LogP contribution in [0.2, 0.25) is 0 Å². The number of ether oxygens (including phenoxy) is 1. The molecule has 2 atom stereocenters. The van der Waals surface area contributed by atoms with Crippen LogP contribution >= 0.6 is 0 Å².